The van der Waals surface area contributed by atoms with Gasteiger partial charge in [-0.15, -0.1) is 0 Å². The van der Waals surface area contributed by atoms with E-state index in [0.29, 0.717) is 29.5 Å². The van der Waals surface area contributed by atoms with Crippen LogP contribution in [0.2, 0.25) is 5.02 Å². The first kappa shape index (κ1) is 16.1. The molecule has 0 radical (unpaired) electrons. The molecule has 0 saturated carbocycles. The lowest BCUT2D eigenvalue weighted by atomic mass is 9.94. The fourth-order valence-electron chi connectivity index (χ4n) is 2.12. The van der Waals surface area contributed by atoms with Gasteiger partial charge in [0.25, 0.3) is 0 Å². The van der Waals surface area contributed by atoms with Crippen molar-refractivity contribution in [2.75, 3.05) is 6.54 Å². The normalized spacial score (nSPS) is 12.4. The first-order valence-electron chi connectivity index (χ1n) is 6.72. The minimum atomic E-state index is -0.408. The molecule has 0 spiro atoms. The largest absolute Gasteiger partial charge is 0.330 e. The van der Waals surface area contributed by atoms with Crippen molar-refractivity contribution in [1.29, 1.82) is 0 Å². The quantitative estimate of drug-likeness (QED) is 0.790. The molecule has 0 aliphatic rings. The second-order valence-corrected chi connectivity index (χ2v) is 5.28. The summed E-state index contributed by atoms with van der Waals surface area (Å²) < 4.78 is 13.5. The van der Waals surface area contributed by atoms with Crippen LogP contribution < -0.4 is 5.73 Å². The summed E-state index contributed by atoms with van der Waals surface area (Å²) in [6.45, 7) is 2.75. The standard InChI is InChI=1S/C15H21ClFNO/c1-2-11(7-8-18)3-6-14(19)9-12-4-5-13(16)10-15(12)17/h4-5,10-11H,2-3,6-9,18H2,1H3. The van der Waals surface area contributed by atoms with Crippen LogP contribution in [0.25, 0.3) is 0 Å². The van der Waals surface area contributed by atoms with Crippen LogP contribution >= 0.6 is 11.6 Å². The topological polar surface area (TPSA) is 43.1 Å². The maximum absolute atomic E-state index is 13.5. The molecular formula is C15H21ClFNO. The van der Waals surface area contributed by atoms with E-state index in [4.69, 9.17) is 17.3 Å². The summed E-state index contributed by atoms with van der Waals surface area (Å²) >= 11 is 5.67. The van der Waals surface area contributed by atoms with Crippen LogP contribution in [-0.4, -0.2) is 12.3 Å². The zero-order chi connectivity index (χ0) is 14.3. The number of hydrogen-bond acceptors (Lipinski definition) is 2. The van der Waals surface area contributed by atoms with Crippen LogP contribution in [0.5, 0.6) is 0 Å². The fraction of sp³-hybridized carbons (Fsp3) is 0.533. The van der Waals surface area contributed by atoms with Gasteiger partial charge in [0.15, 0.2) is 0 Å². The molecule has 0 bridgehead atoms. The summed E-state index contributed by atoms with van der Waals surface area (Å²) in [6.07, 6.45) is 3.43. The highest BCUT2D eigenvalue weighted by atomic mass is 35.5. The van der Waals surface area contributed by atoms with Crippen molar-refractivity contribution in [2.24, 2.45) is 11.7 Å². The van der Waals surface area contributed by atoms with E-state index in [1.165, 1.54) is 6.07 Å². The van der Waals surface area contributed by atoms with E-state index in [2.05, 4.69) is 6.92 Å². The Hall–Kier alpha value is -0.930. The number of rotatable bonds is 8. The molecule has 0 aliphatic carbocycles. The number of benzene rings is 1. The molecule has 0 aliphatic heterocycles. The predicted octanol–water partition coefficient (Wildman–Crippen LogP) is 3.75. The average molecular weight is 286 g/mol. The number of nitrogens with two attached hydrogens (primary N) is 1. The van der Waals surface area contributed by atoms with Crippen molar-refractivity contribution in [1.82, 2.24) is 0 Å². The molecule has 19 heavy (non-hydrogen) atoms. The average Bonchev–Trinajstić information content (AvgIpc) is 2.38. The van der Waals surface area contributed by atoms with Gasteiger partial charge in [0, 0.05) is 17.9 Å². The summed E-state index contributed by atoms with van der Waals surface area (Å²) in [7, 11) is 0. The van der Waals surface area contributed by atoms with E-state index in [1.54, 1.807) is 12.1 Å². The zero-order valence-electron chi connectivity index (χ0n) is 11.3. The van der Waals surface area contributed by atoms with Gasteiger partial charge in [0.05, 0.1) is 0 Å². The van der Waals surface area contributed by atoms with Gasteiger partial charge in [-0.05, 0) is 43.0 Å². The van der Waals surface area contributed by atoms with Gasteiger partial charge >= 0.3 is 0 Å². The molecule has 2 nitrogen and oxygen atoms in total. The molecule has 1 aromatic carbocycles. The zero-order valence-corrected chi connectivity index (χ0v) is 12.0. The molecule has 0 heterocycles. The Morgan fingerprint density at radius 3 is 2.74 bits per heavy atom. The third-order valence-corrected chi connectivity index (χ3v) is 3.62. The molecule has 0 fully saturated rings. The highest BCUT2D eigenvalue weighted by Crippen LogP contribution is 2.18. The number of ketones is 1. The van der Waals surface area contributed by atoms with Crippen LogP contribution in [-0.2, 0) is 11.2 Å². The third-order valence-electron chi connectivity index (χ3n) is 3.39. The van der Waals surface area contributed by atoms with E-state index >= 15 is 0 Å². The minimum Gasteiger partial charge on any atom is -0.330 e. The highest BCUT2D eigenvalue weighted by Gasteiger charge is 2.12. The predicted molar refractivity (Wildman–Crippen MR) is 76.8 cm³/mol. The van der Waals surface area contributed by atoms with Crippen LogP contribution in [0.3, 0.4) is 0 Å². The van der Waals surface area contributed by atoms with Gasteiger partial charge in [-0.3, -0.25) is 4.79 Å². The van der Waals surface area contributed by atoms with Crippen molar-refractivity contribution in [3.05, 3.63) is 34.6 Å². The third kappa shape index (κ3) is 5.70. The van der Waals surface area contributed by atoms with E-state index < -0.39 is 5.82 Å². The first-order valence-corrected chi connectivity index (χ1v) is 7.10. The highest BCUT2D eigenvalue weighted by molar-refractivity contribution is 6.30. The van der Waals surface area contributed by atoms with E-state index in [9.17, 15) is 9.18 Å². The molecule has 1 rings (SSSR count). The van der Waals surface area contributed by atoms with Gasteiger partial charge < -0.3 is 5.73 Å². The molecule has 0 amide bonds. The minimum absolute atomic E-state index is 0.0664. The van der Waals surface area contributed by atoms with Crippen molar-refractivity contribution in [3.63, 3.8) is 0 Å². The molecule has 1 unspecified atom stereocenters. The molecule has 106 valence electrons. The summed E-state index contributed by atoms with van der Waals surface area (Å²) in [5.41, 5.74) is 5.94. The molecule has 1 atom stereocenters. The van der Waals surface area contributed by atoms with Gasteiger partial charge in [-0.1, -0.05) is 31.0 Å². The SMILES string of the molecule is CCC(CCN)CCC(=O)Cc1ccc(Cl)cc1F. The molecule has 4 heteroatoms. The van der Waals surface area contributed by atoms with Gasteiger partial charge in [0.1, 0.15) is 11.6 Å². The van der Waals surface area contributed by atoms with Crippen molar-refractivity contribution in [2.45, 2.75) is 39.0 Å². The lowest BCUT2D eigenvalue weighted by Crippen LogP contribution is -2.11. The number of carbonyl (C=O) groups excluding carboxylic acids is 1. The lowest BCUT2D eigenvalue weighted by molar-refractivity contribution is -0.118. The van der Waals surface area contributed by atoms with Crippen molar-refractivity contribution >= 4 is 17.4 Å². The Kier molecular flexibility index (Phi) is 7.03. The Labute approximate surface area is 119 Å². The second-order valence-electron chi connectivity index (χ2n) is 4.84. The van der Waals surface area contributed by atoms with E-state index in [1.807, 2.05) is 0 Å². The Morgan fingerprint density at radius 2 is 2.16 bits per heavy atom. The molecule has 0 saturated heterocycles. The molecule has 1 aromatic rings. The van der Waals surface area contributed by atoms with Crippen molar-refractivity contribution < 1.29 is 9.18 Å². The summed E-state index contributed by atoms with van der Waals surface area (Å²) in [5.74, 6) is 0.149. The van der Waals surface area contributed by atoms with E-state index in [-0.39, 0.29) is 12.2 Å². The van der Waals surface area contributed by atoms with Crippen LogP contribution in [0.15, 0.2) is 18.2 Å². The number of halogens is 2. The molecule has 2 N–H and O–H groups in total. The molecule has 0 aromatic heterocycles. The Bertz CT molecular complexity index is 423. The van der Waals surface area contributed by atoms with E-state index in [0.717, 1.165) is 19.3 Å². The fourth-order valence-corrected chi connectivity index (χ4v) is 2.28. The monoisotopic (exact) mass is 285 g/mol. The summed E-state index contributed by atoms with van der Waals surface area (Å²) in [4.78, 5) is 11.8. The van der Waals surface area contributed by atoms with Crippen molar-refractivity contribution in [3.8, 4) is 0 Å². The number of Topliss-reactive ketones (excluding diaryl/α,β-unsaturated/α-hetero) is 1. The lowest BCUT2D eigenvalue weighted by Gasteiger charge is -2.12. The second kappa shape index (κ2) is 8.28. The van der Waals surface area contributed by atoms with Gasteiger partial charge in [0.2, 0.25) is 0 Å². The Balaban J connectivity index is 2.46. The summed E-state index contributed by atoms with van der Waals surface area (Å²) in [6, 6.07) is 4.43. The number of carbonyl (C=O) groups is 1. The van der Waals surface area contributed by atoms with Crippen LogP contribution in [0.1, 0.15) is 38.2 Å². The maximum atomic E-state index is 13.5. The Morgan fingerprint density at radius 1 is 1.42 bits per heavy atom. The number of hydrogen-bond donors (Lipinski definition) is 1. The molecular weight excluding hydrogens is 265 g/mol. The maximum Gasteiger partial charge on any atom is 0.137 e. The van der Waals surface area contributed by atoms with Crippen LogP contribution in [0, 0.1) is 11.7 Å². The van der Waals surface area contributed by atoms with Crippen LogP contribution in [0.4, 0.5) is 4.39 Å². The van der Waals surface area contributed by atoms with Gasteiger partial charge in [-0.2, -0.15) is 0 Å². The van der Waals surface area contributed by atoms with Gasteiger partial charge in [-0.25, -0.2) is 4.39 Å². The summed E-state index contributed by atoms with van der Waals surface area (Å²) in [5, 5.41) is 0.350. The first-order chi connectivity index (χ1) is 9.06. The smallest absolute Gasteiger partial charge is 0.137 e.